The van der Waals surface area contributed by atoms with Crippen molar-refractivity contribution in [2.75, 3.05) is 0 Å². The minimum atomic E-state index is -0.192. The van der Waals surface area contributed by atoms with Crippen molar-refractivity contribution in [2.24, 2.45) is 0 Å². The molecule has 19 heavy (non-hydrogen) atoms. The largest absolute Gasteiger partial charge is 0.351 e. The molecule has 0 aliphatic carbocycles. The quantitative estimate of drug-likeness (QED) is 0.794. The maximum absolute atomic E-state index is 12.1. The predicted molar refractivity (Wildman–Crippen MR) is 77.8 cm³/mol. The number of nitrogens with zero attached hydrogens (tertiary/aromatic N) is 2. The third kappa shape index (κ3) is 2.76. The zero-order chi connectivity index (χ0) is 14.2. The number of rotatable bonds is 3. The van der Waals surface area contributed by atoms with Gasteiger partial charge in [0.25, 0.3) is 11.1 Å². The first-order chi connectivity index (χ1) is 8.90. The van der Waals surface area contributed by atoms with E-state index in [1.807, 2.05) is 32.3 Å². The molecular formula is C14H18N2O2S. The molecule has 1 saturated heterocycles. The van der Waals surface area contributed by atoms with Gasteiger partial charge in [-0.15, -0.1) is 0 Å². The summed E-state index contributed by atoms with van der Waals surface area (Å²) in [5.74, 6) is -0.192. The summed E-state index contributed by atoms with van der Waals surface area (Å²) < 4.78 is 2.07. The fourth-order valence-electron chi connectivity index (χ4n) is 1.91. The van der Waals surface area contributed by atoms with Gasteiger partial charge in [-0.05, 0) is 57.2 Å². The molecule has 0 atom stereocenters. The summed E-state index contributed by atoms with van der Waals surface area (Å²) >= 11 is 1.01. The van der Waals surface area contributed by atoms with Crippen LogP contribution in [0.3, 0.4) is 0 Å². The molecule has 1 aliphatic heterocycles. The minimum Gasteiger partial charge on any atom is -0.351 e. The molecule has 5 heteroatoms. The Morgan fingerprint density at radius 2 is 1.84 bits per heavy atom. The summed E-state index contributed by atoms with van der Waals surface area (Å²) in [4.78, 5) is 25.7. The van der Waals surface area contributed by atoms with Crippen molar-refractivity contribution in [3.05, 3.63) is 28.9 Å². The molecule has 1 fully saturated rings. The van der Waals surface area contributed by atoms with Gasteiger partial charge in [0, 0.05) is 24.5 Å². The Morgan fingerprint density at radius 1 is 1.16 bits per heavy atom. The van der Waals surface area contributed by atoms with Crippen LogP contribution in [0.15, 0.2) is 23.4 Å². The molecule has 0 bridgehead atoms. The second-order valence-electron chi connectivity index (χ2n) is 5.13. The van der Waals surface area contributed by atoms with E-state index in [0.29, 0.717) is 10.9 Å². The van der Waals surface area contributed by atoms with Crippen LogP contribution in [0.5, 0.6) is 0 Å². The van der Waals surface area contributed by atoms with E-state index in [4.69, 9.17) is 0 Å². The molecule has 2 amide bonds. The Balaban J connectivity index is 2.24. The maximum Gasteiger partial charge on any atom is 0.293 e. The lowest BCUT2D eigenvalue weighted by molar-refractivity contribution is -0.123. The summed E-state index contributed by atoms with van der Waals surface area (Å²) in [6.45, 7) is 7.87. The topological polar surface area (TPSA) is 42.3 Å². The molecule has 0 N–H and O–H groups in total. The van der Waals surface area contributed by atoms with Crippen molar-refractivity contribution < 1.29 is 9.59 Å². The van der Waals surface area contributed by atoms with Gasteiger partial charge >= 0.3 is 0 Å². The molecule has 0 radical (unpaired) electrons. The molecule has 0 saturated carbocycles. The van der Waals surface area contributed by atoms with Crippen LogP contribution in [0, 0.1) is 0 Å². The van der Waals surface area contributed by atoms with E-state index in [0.717, 1.165) is 17.3 Å². The lowest BCUT2D eigenvalue weighted by atomic mass is 10.2. The fraction of sp³-hybridized carbons (Fsp3) is 0.429. The Hall–Kier alpha value is -1.49. The van der Waals surface area contributed by atoms with Crippen LogP contribution in [0.4, 0.5) is 4.79 Å². The summed E-state index contributed by atoms with van der Waals surface area (Å²) in [7, 11) is 0. The van der Waals surface area contributed by atoms with Crippen molar-refractivity contribution in [1.29, 1.82) is 0 Å². The van der Waals surface area contributed by atoms with Gasteiger partial charge < -0.3 is 4.57 Å². The number of carbonyl (C=O) groups excluding carboxylic acids is 2. The van der Waals surface area contributed by atoms with Crippen LogP contribution < -0.4 is 0 Å². The summed E-state index contributed by atoms with van der Waals surface area (Å²) in [6, 6.07) is 2.23. The van der Waals surface area contributed by atoms with Crippen LogP contribution in [0.25, 0.3) is 6.08 Å². The molecule has 4 nitrogen and oxygen atoms in total. The van der Waals surface area contributed by atoms with Gasteiger partial charge in [0.05, 0.1) is 4.91 Å². The highest BCUT2D eigenvalue weighted by atomic mass is 32.2. The average molecular weight is 278 g/mol. The molecular weight excluding hydrogens is 260 g/mol. The predicted octanol–water partition coefficient (Wildman–Crippen LogP) is 3.51. The van der Waals surface area contributed by atoms with Gasteiger partial charge in [-0.3, -0.25) is 14.5 Å². The van der Waals surface area contributed by atoms with E-state index in [1.54, 1.807) is 6.08 Å². The van der Waals surface area contributed by atoms with Gasteiger partial charge in [0.15, 0.2) is 0 Å². The SMILES string of the molecule is CC(C)N1C(=O)S/C(=C/c2ccn(C(C)C)c2)C1=O. The van der Waals surface area contributed by atoms with Gasteiger partial charge in [0.1, 0.15) is 0 Å². The molecule has 1 aliphatic rings. The maximum atomic E-state index is 12.1. The van der Waals surface area contributed by atoms with Crippen LogP contribution in [-0.4, -0.2) is 26.7 Å². The highest BCUT2D eigenvalue weighted by Gasteiger charge is 2.36. The zero-order valence-corrected chi connectivity index (χ0v) is 12.4. The van der Waals surface area contributed by atoms with E-state index in [1.165, 1.54) is 4.90 Å². The number of hydrogen-bond donors (Lipinski definition) is 0. The lowest BCUT2D eigenvalue weighted by Crippen LogP contribution is -2.34. The van der Waals surface area contributed by atoms with E-state index >= 15 is 0 Å². The number of amides is 2. The summed E-state index contributed by atoms with van der Waals surface area (Å²) in [5.41, 5.74) is 0.947. The Labute approximate surface area is 117 Å². The smallest absolute Gasteiger partial charge is 0.293 e. The molecule has 0 aromatic carbocycles. The zero-order valence-electron chi connectivity index (χ0n) is 11.6. The fourth-order valence-corrected chi connectivity index (χ4v) is 2.87. The van der Waals surface area contributed by atoms with Gasteiger partial charge in [-0.1, -0.05) is 0 Å². The van der Waals surface area contributed by atoms with Crippen molar-refractivity contribution in [3.8, 4) is 0 Å². The third-order valence-corrected chi connectivity index (χ3v) is 3.85. The van der Waals surface area contributed by atoms with Crippen molar-refractivity contribution in [3.63, 3.8) is 0 Å². The molecule has 0 spiro atoms. The molecule has 2 heterocycles. The highest BCUT2D eigenvalue weighted by Crippen LogP contribution is 2.33. The monoisotopic (exact) mass is 278 g/mol. The van der Waals surface area contributed by atoms with Gasteiger partial charge in [0.2, 0.25) is 0 Å². The Kier molecular flexibility index (Phi) is 3.85. The van der Waals surface area contributed by atoms with Gasteiger partial charge in [-0.2, -0.15) is 0 Å². The summed E-state index contributed by atoms with van der Waals surface area (Å²) in [5, 5.41) is -0.186. The van der Waals surface area contributed by atoms with Crippen LogP contribution in [-0.2, 0) is 4.79 Å². The normalized spacial score (nSPS) is 18.4. The number of imide groups is 1. The summed E-state index contributed by atoms with van der Waals surface area (Å²) in [6.07, 6.45) is 5.74. The second-order valence-corrected chi connectivity index (χ2v) is 6.12. The first-order valence-electron chi connectivity index (χ1n) is 6.34. The van der Waals surface area contributed by atoms with Crippen LogP contribution in [0.2, 0.25) is 0 Å². The number of hydrogen-bond acceptors (Lipinski definition) is 3. The molecule has 1 aromatic heterocycles. The minimum absolute atomic E-state index is 0.0985. The molecule has 0 unspecified atom stereocenters. The van der Waals surface area contributed by atoms with Crippen molar-refractivity contribution >= 4 is 29.0 Å². The number of aromatic nitrogens is 1. The van der Waals surface area contributed by atoms with Crippen LogP contribution in [0.1, 0.15) is 39.3 Å². The second kappa shape index (κ2) is 5.25. The number of carbonyl (C=O) groups is 2. The Bertz CT molecular complexity index is 543. The Morgan fingerprint density at radius 3 is 2.32 bits per heavy atom. The van der Waals surface area contributed by atoms with E-state index < -0.39 is 0 Å². The first kappa shape index (κ1) is 13.9. The standard InChI is InChI=1S/C14H18N2O2S/c1-9(2)15-6-5-11(8-15)7-12-13(17)16(10(3)4)14(18)19-12/h5-10H,1-4H3/b12-7+. The lowest BCUT2D eigenvalue weighted by Gasteiger charge is -2.16. The van der Waals surface area contributed by atoms with E-state index in [2.05, 4.69) is 18.4 Å². The molecule has 102 valence electrons. The van der Waals surface area contributed by atoms with Crippen LogP contribution >= 0.6 is 11.8 Å². The third-order valence-electron chi connectivity index (χ3n) is 2.97. The average Bonchev–Trinajstić information content (AvgIpc) is 2.85. The molecule has 1 aromatic rings. The molecule has 2 rings (SSSR count). The van der Waals surface area contributed by atoms with E-state index in [9.17, 15) is 9.59 Å². The highest BCUT2D eigenvalue weighted by molar-refractivity contribution is 8.18. The van der Waals surface area contributed by atoms with Crippen molar-refractivity contribution in [2.45, 2.75) is 39.8 Å². The first-order valence-corrected chi connectivity index (χ1v) is 7.16. The van der Waals surface area contributed by atoms with Crippen molar-refractivity contribution in [1.82, 2.24) is 9.47 Å². The van der Waals surface area contributed by atoms with Gasteiger partial charge in [-0.25, -0.2) is 0 Å². The number of thioether (sulfide) groups is 1. The van der Waals surface area contributed by atoms with E-state index in [-0.39, 0.29) is 17.2 Å².